The van der Waals surface area contributed by atoms with Gasteiger partial charge in [-0.3, -0.25) is 4.79 Å². The van der Waals surface area contributed by atoms with Crippen molar-refractivity contribution < 1.29 is 9.21 Å². The van der Waals surface area contributed by atoms with Crippen molar-refractivity contribution in [3.05, 3.63) is 51.4 Å². The molecule has 0 aliphatic carbocycles. The molecule has 11 heteroatoms. The molecule has 1 amide bonds. The van der Waals surface area contributed by atoms with Gasteiger partial charge in [0.25, 0.3) is 0 Å². The Morgan fingerprint density at radius 1 is 1.19 bits per heavy atom. The van der Waals surface area contributed by atoms with Gasteiger partial charge in [-0.25, -0.2) is 0 Å². The van der Waals surface area contributed by atoms with Gasteiger partial charge in [-0.05, 0) is 24.3 Å². The summed E-state index contributed by atoms with van der Waals surface area (Å²) in [5.41, 5.74) is 0.407. The molecular weight excluding hydrogens is 439 g/mol. The molecule has 0 saturated carbocycles. The van der Waals surface area contributed by atoms with Crippen LogP contribution in [0.15, 0.2) is 39.3 Å². The minimum absolute atomic E-state index is 0.156. The van der Waals surface area contributed by atoms with Gasteiger partial charge in [0.2, 0.25) is 11.0 Å². The molecule has 0 aliphatic rings. The minimum atomic E-state index is -0.240. The van der Waals surface area contributed by atoms with Crippen LogP contribution in [-0.2, 0) is 11.3 Å². The lowest BCUT2D eigenvalue weighted by molar-refractivity contribution is -0.113. The number of halogens is 3. The monoisotopic (exact) mass is 448 g/mol. The van der Waals surface area contributed by atoms with Gasteiger partial charge in [-0.1, -0.05) is 57.9 Å². The van der Waals surface area contributed by atoms with E-state index in [-0.39, 0.29) is 11.7 Å². The van der Waals surface area contributed by atoms with E-state index in [2.05, 4.69) is 20.8 Å². The standard InChI is InChI=1S/C15H11Cl3N4O2S2/c16-9-4-11(18)12(5-10(9)17)20-13(23)7-25-15-22-21-14(26-15)19-6-8-2-1-3-24-8/h1-5H,6-7H2,(H,19,21)(H,20,23). The van der Waals surface area contributed by atoms with Crippen LogP contribution in [0.2, 0.25) is 15.1 Å². The Hall–Kier alpha value is -1.45. The van der Waals surface area contributed by atoms with Crippen molar-refractivity contribution in [3.8, 4) is 0 Å². The summed E-state index contributed by atoms with van der Waals surface area (Å²) >= 11 is 20.5. The quantitative estimate of drug-likeness (QED) is 0.369. The van der Waals surface area contributed by atoms with Crippen LogP contribution >= 0.6 is 57.9 Å². The Bertz CT molecular complexity index is 902. The van der Waals surface area contributed by atoms with Crippen LogP contribution in [0, 0.1) is 0 Å². The van der Waals surface area contributed by atoms with Crippen LogP contribution in [0.1, 0.15) is 5.76 Å². The lowest BCUT2D eigenvalue weighted by Crippen LogP contribution is -2.14. The highest BCUT2D eigenvalue weighted by Crippen LogP contribution is 2.32. The van der Waals surface area contributed by atoms with Gasteiger partial charge in [0.1, 0.15) is 5.76 Å². The molecule has 3 aromatic rings. The van der Waals surface area contributed by atoms with E-state index in [0.717, 1.165) is 5.76 Å². The molecule has 0 atom stereocenters. The molecule has 2 aromatic heterocycles. The average Bonchev–Trinajstić information content (AvgIpc) is 3.27. The number of furan rings is 1. The smallest absolute Gasteiger partial charge is 0.234 e. The molecule has 2 N–H and O–H groups in total. The Balaban J connectivity index is 1.49. The van der Waals surface area contributed by atoms with Crippen molar-refractivity contribution >= 4 is 74.6 Å². The van der Waals surface area contributed by atoms with Crippen molar-refractivity contribution in [1.29, 1.82) is 0 Å². The first-order chi connectivity index (χ1) is 12.5. The first-order valence-electron chi connectivity index (χ1n) is 7.18. The second-order valence-electron chi connectivity index (χ2n) is 4.89. The van der Waals surface area contributed by atoms with Crippen molar-refractivity contribution in [3.63, 3.8) is 0 Å². The van der Waals surface area contributed by atoms with E-state index in [9.17, 15) is 4.79 Å². The number of benzene rings is 1. The van der Waals surface area contributed by atoms with Crippen LogP contribution in [0.3, 0.4) is 0 Å². The number of carbonyl (C=O) groups is 1. The van der Waals surface area contributed by atoms with Gasteiger partial charge in [0.15, 0.2) is 4.34 Å². The van der Waals surface area contributed by atoms with E-state index in [1.807, 2.05) is 12.1 Å². The third-order valence-corrected chi connectivity index (χ3v) is 6.06. The number of hydrogen-bond acceptors (Lipinski definition) is 7. The Kier molecular flexibility index (Phi) is 6.66. The zero-order valence-electron chi connectivity index (χ0n) is 13.0. The van der Waals surface area contributed by atoms with E-state index < -0.39 is 0 Å². The van der Waals surface area contributed by atoms with Gasteiger partial charge in [0, 0.05) is 0 Å². The Labute approximate surface area is 172 Å². The van der Waals surface area contributed by atoms with Crippen molar-refractivity contribution in [2.45, 2.75) is 10.9 Å². The molecule has 0 saturated heterocycles. The summed E-state index contributed by atoms with van der Waals surface area (Å²) in [6, 6.07) is 6.67. The highest BCUT2D eigenvalue weighted by atomic mass is 35.5. The maximum atomic E-state index is 12.1. The molecule has 0 aliphatic heterocycles. The number of hydrogen-bond donors (Lipinski definition) is 2. The van der Waals surface area contributed by atoms with Gasteiger partial charge in [-0.2, -0.15) is 0 Å². The van der Waals surface area contributed by atoms with Crippen LogP contribution in [0.25, 0.3) is 0 Å². The van der Waals surface area contributed by atoms with Crippen molar-refractivity contribution in [1.82, 2.24) is 10.2 Å². The Morgan fingerprint density at radius 2 is 2.00 bits per heavy atom. The predicted octanol–water partition coefficient (Wildman–Crippen LogP) is 5.43. The van der Waals surface area contributed by atoms with E-state index in [1.54, 1.807) is 6.26 Å². The number of nitrogens with one attached hydrogen (secondary N) is 2. The number of carbonyl (C=O) groups excluding carboxylic acids is 1. The summed E-state index contributed by atoms with van der Waals surface area (Å²) in [7, 11) is 0. The molecule has 0 spiro atoms. The number of aromatic nitrogens is 2. The highest BCUT2D eigenvalue weighted by Gasteiger charge is 2.12. The summed E-state index contributed by atoms with van der Waals surface area (Å²) < 4.78 is 5.90. The SMILES string of the molecule is O=C(CSc1nnc(NCc2ccco2)s1)Nc1cc(Cl)c(Cl)cc1Cl. The maximum Gasteiger partial charge on any atom is 0.234 e. The molecule has 0 bridgehead atoms. The van der Waals surface area contributed by atoms with Gasteiger partial charge >= 0.3 is 0 Å². The molecule has 6 nitrogen and oxygen atoms in total. The van der Waals surface area contributed by atoms with Gasteiger partial charge in [0.05, 0.1) is 39.3 Å². The lowest BCUT2D eigenvalue weighted by atomic mass is 10.3. The first-order valence-corrected chi connectivity index (χ1v) is 10.1. The van der Waals surface area contributed by atoms with Crippen molar-refractivity contribution in [2.24, 2.45) is 0 Å². The molecule has 3 rings (SSSR count). The second-order valence-corrected chi connectivity index (χ2v) is 8.31. The molecular formula is C15H11Cl3N4O2S2. The Morgan fingerprint density at radius 3 is 2.77 bits per heavy atom. The molecule has 1 aromatic carbocycles. The number of nitrogens with zero attached hydrogens (tertiary/aromatic N) is 2. The molecule has 0 radical (unpaired) electrons. The summed E-state index contributed by atoms with van der Waals surface area (Å²) in [6.45, 7) is 0.516. The molecule has 136 valence electrons. The van der Waals surface area contributed by atoms with E-state index in [0.29, 0.717) is 36.8 Å². The fourth-order valence-corrected chi connectivity index (χ4v) is 3.99. The zero-order chi connectivity index (χ0) is 18.5. The maximum absolute atomic E-state index is 12.1. The first kappa shape index (κ1) is 19.3. The number of rotatable bonds is 7. The third kappa shape index (κ3) is 5.28. The summed E-state index contributed by atoms with van der Waals surface area (Å²) in [5.74, 6) is 0.714. The van der Waals surface area contributed by atoms with Gasteiger partial charge in [-0.15, -0.1) is 10.2 Å². The molecule has 0 unspecified atom stereocenters. The van der Waals surface area contributed by atoms with Gasteiger partial charge < -0.3 is 15.1 Å². The zero-order valence-corrected chi connectivity index (χ0v) is 16.9. The molecule has 2 heterocycles. The largest absolute Gasteiger partial charge is 0.467 e. The van der Waals surface area contributed by atoms with E-state index in [4.69, 9.17) is 39.2 Å². The second kappa shape index (κ2) is 8.96. The third-order valence-electron chi connectivity index (χ3n) is 3.01. The fourth-order valence-electron chi connectivity index (χ4n) is 1.85. The summed E-state index contributed by atoms with van der Waals surface area (Å²) in [5, 5.41) is 15.5. The van der Waals surface area contributed by atoms with E-state index >= 15 is 0 Å². The normalized spacial score (nSPS) is 10.7. The number of amides is 1. The minimum Gasteiger partial charge on any atom is -0.467 e. The highest BCUT2D eigenvalue weighted by molar-refractivity contribution is 8.01. The summed E-state index contributed by atoms with van der Waals surface area (Å²) in [4.78, 5) is 12.1. The molecule has 0 fully saturated rings. The number of anilines is 2. The average molecular weight is 450 g/mol. The van der Waals surface area contributed by atoms with Crippen LogP contribution in [-0.4, -0.2) is 21.9 Å². The van der Waals surface area contributed by atoms with E-state index in [1.165, 1.54) is 35.2 Å². The lowest BCUT2D eigenvalue weighted by Gasteiger charge is -2.08. The van der Waals surface area contributed by atoms with Crippen LogP contribution < -0.4 is 10.6 Å². The van der Waals surface area contributed by atoms with Crippen LogP contribution in [0.4, 0.5) is 10.8 Å². The van der Waals surface area contributed by atoms with Crippen molar-refractivity contribution in [2.75, 3.05) is 16.4 Å². The topological polar surface area (TPSA) is 80.1 Å². The fraction of sp³-hybridized carbons (Fsp3) is 0.133. The molecule has 26 heavy (non-hydrogen) atoms. The number of thioether (sulfide) groups is 1. The summed E-state index contributed by atoms with van der Waals surface area (Å²) in [6.07, 6.45) is 1.61. The van der Waals surface area contributed by atoms with Crippen LogP contribution in [0.5, 0.6) is 0 Å². The predicted molar refractivity (Wildman–Crippen MR) is 107 cm³/mol.